The highest BCUT2D eigenvalue weighted by Gasteiger charge is 2.19. The zero-order valence-corrected chi connectivity index (χ0v) is 51.0. The monoisotopic (exact) mass is 1070 g/mol. The third-order valence-corrected chi connectivity index (χ3v) is 14.4. The topological polar surface area (TPSA) is 78.9 Å². The second kappa shape index (κ2) is 65.1. The van der Waals surface area contributed by atoms with Crippen LogP contribution < -0.4 is 0 Å². The highest BCUT2D eigenvalue weighted by atomic mass is 16.6. The van der Waals surface area contributed by atoms with E-state index in [2.05, 4.69) is 106 Å². The molecule has 0 radical (unpaired) electrons. The van der Waals surface area contributed by atoms with Crippen LogP contribution in [0.15, 0.2) is 85.1 Å². The highest BCUT2D eigenvalue weighted by Crippen LogP contribution is 2.18. The van der Waals surface area contributed by atoms with Gasteiger partial charge in [-0.1, -0.05) is 305 Å². The lowest BCUT2D eigenvalue weighted by Crippen LogP contribution is -2.30. The van der Waals surface area contributed by atoms with Crippen LogP contribution in [0.4, 0.5) is 0 Å². The average Bonchev–Trinajstić information content (AvgIpc) is 3.43. The fourth-order valence-corrected chi connectivity index (χ4v) is 9.51. The molecule has 0 fully saturated rings. The minimum absolute atomic E-state index is 0.0968. The maximum Gasteiger partial charge on any atom is 0.306 e. The Morgan fingerprint density at radius 3 is 0.818 bits per heavy atom. The summed E-state index contributed by atoms with van der Waals surface area (Å²) in [5.74, 6) is -0.945. The van der Waals surface area contributed by atoms with E-state index in [0.717, 1.165) is 116 Å². The van der Waals surface area contributed by atoms with Gasteiger partial charge >= 0.3 is 17.9 Å². The Morgan fingerprint density at radius 1 is 0.273 bits per heavy atom. The molecule has 1 unspecified atom stereocenters. The van der Waals surface area contributed by atoms with Crippen molar-refractivity contribution in [1.29, 1.82) is 0 Å². The number of ether oxygens (including phenoxy) is 3. The molecule has 0 aromatic heterocycles. The number of hydrogen-bond donors (Lipinski definition) is 0. The number of rotatable bonds is 60. The van der Waals surface area contributed by atoms with Crippen molar-refractivity contribution in [3.63, 3.8) is 0 Å². The molecule has 0 aliphatic carbocycles. The van der Waals surface area contributed by atoms with Crippen LogP contribution in [-0.4, -0.2) is 37.2 Å². The molecule has 0 saturated heterocycles. The molecule has 444 valence electrons. The molecule has 0 amide bonds. The van der Waals surface area contributed by atoms with E-state index in [0.29, 0.717) is 19.3 Å². The fourth-order valence-electron chi connectivity index (χ4n) is 9.51. The third-order valence-electron chi connectivity index (χ3n) is 14.4. The summed E-state index contributed by atoms with van der Waals surface area (Å²) in [5.41, 5.74) is 0. The minimum atomic E-state index is -0.806. The van der Waals surface area contributed by atoms with Crippen molar-refractivity contribution in [2.75, 3.05) is 13.2 Å². The van der Waals surface area contributed by atoms with Gasteiger partial charge in [0, 0.05) is 19.3 Å². The maximum atomic E-state index is 12.9. The molecule has 1 atom stereocenters. The van der Waals surface area contributed by atoms with Gasteiger partial charge in [-0.05, 0) is 89.9 Å². The molecule has 0 aliphatic heterocycles. The molecule has 0 N–H and O–H groups in total. The summed E-state index contributed by atoms with van der Waals surface area (Å²) < 4.78 is 16.9. The first-order chi connectivity index (χ1) is 38.0. The van der Waals surface area contributed by atoms with Crippen molar-refractivity contribution in [3.05, 3.63) is 85.1 Å². The Balaban J connectivity index is 4.23. The minimum Gasteiger partial charge on any atom is -0.462 e. The smallest absolute Gasteiger partial charge is 0.306 e. The molecule has 0 saturated carbocycles. The molecule has 0 aromatic rings. The van der Waals surface area contributed by atoms with Gasteiger partial charge in [0.1, 0.15) is 13.2 Å². The predicted octanol–water partition coefficient (Wildman–Crippen LogP) is 22.7. The number of carbonyl (C=O) groups is 3. The van der Waals surface area contributed by atoms with Crippen LogP contribution in [-0.2, 0) is 28.6 Å². The first kappa shape index (κ1) is 73.6. The van der Waals surface area contributed by atoms with Gasteiger partial charge in [0.15, 0.2) is 6.10 Å². The van der Waals surface area contributed by atoms with Crippen molar-refractivity contribution >= 4 is 17.9 Å². The predicted molar refractivity (Wildman–Crippen MR) is 334 cm³/mol. The summed E-state index contributed by atoms with van der Waals surface area (Å²) in [6, 6.07) is 0. The van der Waals surface area contributed by atoms with Crippen molar-refractivity contribution in [3.8, 4) is 0 Å². The summed E-state index contributed by atoms with van der Waals surface area (Å²) in [6.07, 6.45) is 86.2. The molecular weight excluding hydrogens is 949 g/mol. The molecule has 0 rings (SSSR count). The van der Waals surface area contributed by atoms with E-state index in [-0.39, 0.29) is 37.5 Å². The zero-order chi connectivity index (χ0) is 55.7. The second-order valence-corrected chi connectivity index (χ2v) is 22.0. The van der Waals surface area contributed by atoms with Crippen molar-refractivity contribution in [1.82, 2.24) is 0 Å². The summed E-state index contributed by atoms with van der Waals surface area (Å²) in [7, 11) is 0. The fraction of sp³-hybridized carbons (Fsp3) is 0.761. The van der Waals surface area contributed by atoms with Gasteiger partial charge in [0.25, 0.3) is 0 Å². The van der Waals surface area contributed by atoms with Crippen LogP contribution in [0.2, 0.25) is 0 Å². The number of esters is 3. The Bertz CT molecular complexity index is 1470. The lowest BCUT2D eigenvalue weighted by atomic mass is 10.0. The molecule has 77 heavy (non-hydrogen) atoms. The van der Waals surface area contributed by atoms with Crippen molar-refractivity contribution in [2.24, 2.45) is 0 Å². The van der Waals surface area contributed by atoms with Crippen LogP contribution in [0.3, 0.4) is 0 Å². The molecule has 6 heteroatoms. The van der Waals surface area contributed by atoms with Crippen LogP contribution in [0.5, 0.6) is 0 Å². The molecule has 0 bridgehead atoms. The van der Waals surface area contributed by atoms with E-state index in [9.17, 15) is 14.4 Å². The Hall–Kier alpha value is -3.41. The van der Waals surface area contributed by atoms with Crippen LogP contribution in [0.25, 0.3) is 0 Å². The highest BCUT2D eigenvalue weighted by molar-refractivity contribution is 5.71. The van der Waals surface area contributed by atoms with E-state index >= 15 is 0 Å². The van der Waals surface area contributed by atoms with Gasteiger partial charge in [-0.15, -0.1) is 0 Å². The standard InChI is InChI=1S/C71H124O6/c1-4-7-10-13-16-19-22-25-28-29-30-31-32-33-34-35-36-37-38-39-40-41-44-46-49-52-55-58-61-64-70(73)76-67-68(77-71(74)65-62-59-56-53-50-47-43-27-24-21-18-15-12-9-6-3)66-75-69(72)63-60-57-54-51-48-45-42-26-23-20-17-14-11-8-5-2/h8-9,11-12,17-18,20-21,26-27,42-43,50,53,68H,4-7,10,13-16,19,22-25,28-41,44-49,51-52,54-67H2,1-3H3/b11-8-,12-9-,20-17-,21-18-,42-26-,43-27-,53-50-. The zero-order valence-electron chi connectivity index (χ0n) is 51.0. The first-order valence-electron chi connectivity index (χ1n) is 33.1. The van der Waals surface area contributed by atoms with E-state index in [1.807, 2.05) is 0 Å². The van der Waals surface area contributed by atoms with E-state index < -0.39 is 6.10 Å². The lowest BCUT2D eigenvalue weighted by Gasteiger charge is -2.18. The summed E-state index contributed by atoms with van der Waals surface area (Å²) in [6.45, 7) is 6.40. The largest absolute Gasteiger partial charge is 0.462 e. The van der Waals surface area contributed by atoms with Crippen LogP contribution >= 0.6 is 0 Å². The second-order valence-electron chi connectivity index (χ2n) is 22.0. The van der Waals surface area contributed by atoms with E-state index in [1.54, 1.807) is 0 Å². The van der Waals surface area contributed by atoms with Gasteiger partial charge in [-0.25, -0.2) is 0 Å². The molecule has 0 spiro atoms. The summed E-state index contributed by atoms with van der Waals surface area (Å²) in [4.78, 5) is 38.3. The molecule has 0 aliphatic rings. The summed E-state index contributed by atoms with van der Waals surface area (Å²) >= 11 is 0. The average molecular weight is 1070 g/mol. The molecule has 0 heterocycles. The Kier molecular flexibility index (Phi) is 62.2. The maximum absolute atomic E-state index is 12.9. The van der Waals surface area contributed by atoms with Crippen LogP contribution in [0.1, 0.15) is 329 Å². The normalized spacial score (nSPS) is 12.6. The van der Waals surface area contributed by atoms with Crippen LogP contribution in [0, 0.1) is 0 Å². The SMILES string of the molecule is CC/C=C\C/C=C\C/C=C\C/C=C\CCCCC(=O)OC(COC(=O)CCCCCCC/C=C\C/C=C\C/C=C\CC)COC(=O)CCCCCCCCCCCCCCCCCCCCCCCCCCCCCCC. The molecular formula is C71H124O6. The quantitative estimate of drug-likeness (QED) is 0.0261. The lowest BCUT2D eigenvalue weighted by molar-refractivity contribution is -0.167. The number of hydrogen-bond acceptors (Lipinski definition) is 6. The van der Waals surface area contributed by atoms with E-state index in [4.69, 9.17) is 14.2 Å². The Morgan fingerprint density at radius 2 is 0.506 bits per heavy atom. The summed E-state index contributed by atoms with van der Waals surface area (Å²) in [5, 5.41) is 0. The number of unbranched alkanes of at least 4 members (excludes halogenated alkanes) is 35. The van der Waals surface area contributed by atoms with Gasteiger partial charge in [0.05, 0.1) is 0 Å². The van der Waals surface area contributed by atoms with Gasteiger partial charge < -0.3 is 14.2 Å². The van der Waals surface area contributed by atoms with E-state index in [1.165, 1.54) is 167 Å². The van der Waals surface area contributed by atoms with Gasteiger partial charge in [-0.2, -0.15) is 0 Å². The van der Waals surface area contributed by atoms with Gasteiger partial charge in [0.2, 0.25) is 0 Å². The molecule has 0 aromatic carbocycles. The van der Waals surface area contributed by atoms with Crippen molar-refractivity contribution in [2.45, 2.75) is 335 Å². The number of carbonyl (C=O) groups excluding carboxylic acids is 3. The van der Waals surface area contributed by atoms with Gasteiger partial charge in [-0.3, -0.25) is 14.4 Å². The molecule has 6 nitrogen and oxygen atoms in total. The Labute approximate surface area is 477 Å². The first-order valence-corrected chi connectivity index (χ1v) is 33.1. The number of allylic oxidation sites excluding steroid dienone is 14. The van der Waals surface area contributed by atoms with Crippen molar-refractivity contribution < 1.29 is 28.6 Å². The third kappa shape index (κ3) is 63.3.